The van der Waals surface area contributed by atoms with Crippen molar-refractivity contribution in [2.45, 2.75) is 45.6 Å². The lowest BCUT2D eigenvalue weighted by Gasteiger charge is -2.31. The fourth-order valence-corrected chi connectivity index (χ4v) is 5.49. The molecule has 0 bridgehead atoms. The smallest absolute Gasteiger partial charge is 0.228 e. The van der Waals surface area contributed by atoms with Crippen LogP contribution >= 0.6 is 11.3 Å². The van der Waals surface area contributed by atoms with Gasteiger partial charge in [-0.15, -0.1) is 10.2 Å². The van der Waals surface area contributed by atoms with Gasteiger partial charge in [-0.25, -0.2) is 0 Å². The zero-order valence-electron chi connectivity index (χ0n) is 20.5. The maximum atomic E-state index is 12.9. The molecule has 0 aromatic carbocycles. The van der Waals surface area contributed by atoms with E-state index in [0.717, 1.165) is 69.4 Å². The van der Waals surface area contributed by atoms with Crippen molar-refractivity contribution >= 4 is 33.4 Å². The van der Waals surface area contributed by atoms with E-state index in [1.54, 1.807) is 11.2 Å². The second kappa shape index (κ2) is 13.0. The van der Waals surface area contributed by atoms with Crippen LogP contribution in [-0.4, -0.2) is 79.4 Å². The summed E-state index contributed by atoms with van der Waals surface area (Å²) >= 11 is 1.44. The van der Waals surface area contributed by atoms with E-state index in [4.69, 9.17) is 9.15 Å². The molecular weight excluding hydrogens is 468 g/mol. The largest absolute Gasteiger partial charge is 0.468 e. The molecule has 35 heavy (non-hydrogen) atoms. The third-order valence-corrected chi connectivity index (χ3v) is 7.43. The Hall–Kier alpha value is -2.50. The minimum atomic E-state index is -0.0824. The third kappa shape index (κ3) is 7.25. The van der Waals surface area contributed by atoms with E-state index in [2.05, 4.69) is 25.3 Å². The molecule has 2 aliphatic heterocycles. The molecule has 0 aliphatic carbocycles. The van der Waals surface area contributed by atoms with E-state index in [9.17, 15) is 9.59 Å². The summed E-state index contributed by atoms with van der Waals surface area (Å²) in [7, 11) is 0. The first-order valence-corrected chi connectivity index (χ1v) is 13.4. The van der Waals surface area contributed by atoms with Gasteiger partial charge in [-0.05, 0) is 44.7 Å². The van der Waals surface area contributed by atoms with Gasteiger partial charge in [0.2, 0.25) is 22.1 Å². The summed E-state index contributed by atoms with van der Waals surface area (Å²) in [5, 5.41) is 13.1. The van der Waals surface area contributed by atoms with Gasteiger partial charge in [0.1, 0.15) is 5.76 Å². The van der Waals surface area contributed by atoms with E-state index < -0.39 is 0 Å². The van der Waals surface area contributed by atoms with Crippen LogP contribution in [-0.2, 0) is 20.9 Å². The van der Waals surface area contributed by atoms with Gasteiger partial charge in [-0.1, -0.05) is 11.3 Å². The number of aromatic nitrogens is 2. The number of hydrogen-bond acceptors (Lipinski definition) is 9. The summed E-state index contributed by atoms with van der Waals surface area (Å²) in [5.74, 6) is 1.03. The number of hydrogen-bond donors (Lipinski definition) is 1. The average Bonchev–Trinajstić information content (AvgIpc) is 3.64. The second-order valence-electron chi connectivity index (χ2n) is 9.00. The van der Waals surface area contributed by atoms with Crippen LogP contribution in [0.1, 0.15) is 44.8 Å². The minimum absolute atomic E-state index is 0.0824. The van der Waals surface area contributed by atoms with E-state index in [-0.39, 0.29) is 17.7 Å². The Bertz CT molecular complexity index is 936. The molecular formula is C24H36N6O4S. The fourth-order valence-electron chi connectivity index (χ4n) is 4.57. The molecule has 2 aliphatic rings. The number of piperidine rings is 1. The first kappa shape index (κ1) is 25.6. The minimum Gasteiger partial charge on any atom is -0.468 e. The van der Waals surface area contributed by atoms with E-state index in [0.29, 0.717) is 37.7 Å². The Balaban J connectivity index is 1.24. The third-order valence-electron chi connectivity index (χ3n) is 6.42. The second-order valence-corrected chi connectivity index (χ2v) is 9.93. The summed E-state index contributed by atoms with van der Waals surface area (Å²) in [5.41, 5.74) is 0. The van der Waals surface area contributed by atoms with Crippen LogP contribution in [0.15, 0.2) is 22.8 Å². The maximum Gasteiger partial charge on any atom is 0.228 e. The van der Waals surface area contributed by atoms with Crippen molar-refractivity contribution in [3.05, 3.63) is 24.2 Å². The first-order chi connectivity index (χ1) is 17.1. The number of ether oxygens (including phenoxy) is 1. The molecule has 10 nitrogen and oxygen atoms in total. The van der Waals surface area contributed by atoms with Crippen LogP contribution < -0.4 is 15.1 Å². The van der Waals surface area contributed by atoms with E-state index in [1.807, 2.05) is 19.1 Å². The van der Waals surface area contributed by atoms with Crippen LogP contribution in [0.3, 0.4) is 0 Å². The Morgan fingerprint density at radius 3 is 2.94 bits per heavy atom. The van der Waals surface area contributed by atoms with Crippen LogP contribution in [0, 0.1) is 5.92 Å². The summed E-state index contributed by atoms with van der Waals surface area (Å²) in [6, 6.07) is 3.87. The average molecular weight is 505 g/mol. The zero-order chi connectivity index (χ0) is 24.5. The van der Waals surface area contributed by atoms with Crippen molar-refractivity contribution in [1.29, 1.82) is 0 Å². The number of nitrogens with zero attached hydrogens (tertiary/aromatic N) is 5. The quantitative estimate of drug-likeness (QED) is 0.415. The molecule has 2 amide bonds. The van der Waals surface area contributed by atoms with Crippen molar-refractivity contribution in [2.24, 2.45) is 5.92 Å². The van der Waals surface area contributed by atoms with Crippen LogP contribution in [0.5, 0.6) is 0 Å². The number of nitrogens with one attached hydrogen (secondary N) is 1. The van der Waals surface area contributed by atoms with Crippen LogP contribution in [0.4, 0.5) is 10.3 Å². The first-order valence-electron chi connectivity index (χ1n) is 12.6. The van der Waals surface area contributed by atoms with Gasteiger partial charge in [-0.2, -0.15) is 0 Å². The summed E-state index contributed by atoms with van der Waals surface area (Å²) in [6.07, 6.45) is 5.86. The number of furan rings is 1. The highest BCUT2D eigenvalue weighted by atomic mass is 32.1. The Morgan fingerprint density at radius 2 is 2.17 bits per heavy atom. The number of carbonyl (C=O) groups excluding carboxylic acids is 2. The van der Waals surface area contributed by atoms with Gasteiger partial charge in [0.25, 0.3) is 0 Å². The number of amides is 2. The molecule has 192 valence electrons. The van der Waals surface area contributed by atoms with Gasteiger partial charge >= 0.3 is 0 Å². The molecule has 4 heterocycles. The van der Waals surface area contributed by atoms with Crippen molar-refractivity contribution in [1.82, 2.24) is 20.4 Å². The number of anilines is 2. The van der Waals surface area contributed by atoms with Crippen LogP contribution in [0.2, 0.25) is 0 Å². The molecule has 0 saturated carbocycles. The number of carbonyl (C=O) groups is 2. The summed E-state index contributed by atoms with van der Waals surface area (Å²) < 4.78 is 11.0. The fraction of sp³-hybridized carbons (Fsp3) is 0.667. The molecule has 2 saturated heterocycles. The van der Waals surface area contributed by atoms with Crippen molar-refractivity contribution < 1.29 is 18.7 Å². The molecule has 0 radical (unpaired) electrons. The molecule has 2 aromatic rings. The van der Waals surface area contributed by atoms with Gasteiger partial charge in [0.05, 0.1) is 18.7 Å². The van der Waals surface area contributed by atoms with Crippen molar-refractivity contribution in [2.75, 3.05) is 62.3 Å². The monoisotopic (exact) mass is 504 g/mol. The molecule has 0 spiro atoms. The van der Waals surface area contributed by atoms with Gasteiger partial charge < -0.3 is 19.4 Å². The summed E-state index contributed by atoms with van der Waals surface area (Å²) in [4.78, 5) is 31.1. The summed E-state index contributed by atoms with van der Waals surface area (Å²) in [6.45, 7) is 8.57. The lowest BCUT2D eigenvalue weighted by atomic mass is 9.97. The number of rotatable bonds is 13. The van der Waals surface area contributed by atoms with Crippen molar-refractivity contribution in [3.8, 4) is 0 Å². The zero-order valence-corrected chi connectivity index (χ0v) is 21.3. The van der Waals surface area contributed by atoms with Crippen molar-refractivity contribution in [3.63, 3.8) is 0 Å². The molecule has 1 N–H and O–H groups in total. The van der Waals surface area contributed by atoms with E-state index in [1.165, 1.54) is 11.3 Å². The highest BCUT2D eigenvalue weighted by Crippen LogP contribution is 2.32. The lowest BCUT2D eigenvalue weighted by molar-refractivity contribution is -0.125. The molecule has 1 atom stereocenters. The van der Waals surface area contributed by atoms with Gasteiger partial charge in [0.15, 0.2) is 0 Å². The maximum absolute atomic E-state index is 12.9. The standard InChI is InChI=1S/C24H36N6O4S/c1-2-33-15-6-11-28(18-20-8-5-16-34-20)14-10-25-22(32)19-7-3-12-29(17-19)23-26-27-24(35-23)30-13-4-9-21(30)31/h5,8,16,19H,2-4,6-7,9-15,17-18H2,1H3,(H,25,32)/t19-/m1/s1. The molecule has 2 fully saturated rings. The Labute approximate surface area is 210 Å². The molecule has 0 unspecified atom stereocenters. The predicted molar refractivity (Wildman–Crippen MR) is 135 cm³/mol. The predicted octanol–water partition coefficient (Wildman–Crippen LogP) is 2.52. The molecule has 2 aromatic heterocycles. The van der Waals surface area contributed by atoms with Crippen LogP contribution in [0.25, 0.3) is 0 Å². The van der Waals surface area contributed by atoms with E-state index >= 15 is 0 Å². The highest BCUT2D eigenvalue weighted by Gasteiger charge is 2.30. The Morgan fingerprint density at radius 1 is 1.29 bits per heavy atom. The van der Waals surface area contributed by atoms with Gasteiger partial charge in [-0.3, -0.25) is 19.4 Å². The Kier molecular flexibility index (Phi) is 9.50. The highest BCUT2D eigenvalue weighted by molar-refractivity contribution is 7.19. The lowest BCUT2D eigenvalue weighted by Crippen LogP contribution is -2.44. The molecule has 4 rings (SSSR count). The topological polar surface area (TPSA) is 104 Å². The SMILES string of the molecule is CCOCCCN(CCNC(=O)[C@@H]1CCCN(c2nnc(N3CCCC3=O)s2)C1)Cc1ccco1. The molecule has 11 heteroatoms. The van der Waals surface area contributed by atoms with Gasteiger partial charge in [0, 0.05) is 58.9 Å². The normalized spacial score (nSPS) is 18.6.